The van der Waals surface area contributed by atoms with Gasteiger partial charge in [-0.1, -0.05) is 0 Å². The van der Waals surface area contributed by atoms with Gasteiger partial charge in [0.15, 0.2) is 0 Å². The summed E-state index contributed by atoms with van der Waals surface area (Å²) in [5.41, 5.74) is 0. The highest BCUT2D eigenvalue weighted by molar-refractivity contribution is 5.05. The van der Waals surface area contributed by atoms with Crippen LogP contribution in [0, 0.1) is 0 Å². The maximum Gasteiger partial charge on any atom is 0.0991 e. The Kier molecular flexibility index (Phi) is 2.26. The average Bonchev–Trinajstić information content (AvgIpc) is 2.97. The molecule has 5 heteroatoms. The highest BCUT2D eigenvalue weighted by atomic mass is 16.6. The van der Waals surface area contributed by atoms with Crippen molar-refractivity contribution in [3.8, 4) is 0 Å². The zero-order chi connectivity index (χ0) is 10.6. The van der Waals surface area contributed by atoms with Gasteiger partial charge < -0.3 is 20.1 Å². The molecule has 5 nitrogen and oxygen atoms in total. The van der Waals surface area contributed by atoms with E-state index in [2.05, 4.69) is 0 Å². The third kappa shape index (κ3) is 1.50. The van der Waals surface area contributed by atoms with Crippen LogP contribution in [0.3, 0.4) is 0 Å². The van der Waals surface area contributed by atoms with Gasteiger partial charge in [-0.05, 0) is 12.8 Å². The van der Waals surface area contributed by atoms with Crippen molar-refractivity contribution >= 4 is 0 Å². The van der Waals surface area contributed by atoms with Crippen LogP contribution in [0.1, 0.15) is 12.8 Å². The van der Waals surface area contributed by atoms with Crippen molar-refractivity contribution in [2.45, 2.75) is 49.3 Å². The predicted octanol–water partition coefficient (Wildman–Crippen LogP) is -1.69. The summed E-state index contributed by atoms with van der Waals surface area (Å²) in [6.07, 6.45) is -0.243. The second kappa shape index (κ2) is 3.40. The van der Waals surface area contributed by atoms with E-state index < -0.39 is 18.3 Å². The summed E-state index contributed by atoms with van der Waals surface area (Å²) in [4.78, 5) is 2.03. The number of epoxide rings is 1. The molecule has 0 amide bonds. The number of hydrogen-bond acceptors (Lipinski definition) is 5. The minimum absolute atomic E-state index is 0.248. The third-order valence-corrected chi connectivity index (χ3v) is 3.89. The van der Waals surface area contributed by atoms with Gasteiger partial charge in [0.2, 0.25) is 0 Å². The zero-order valence-electron chi connectivity index (χ0n) is 8.49. The van der Waals surface area contributed by atoms with Gasteiger partial charge in [-0.2, -0.15) is 0 Å². The fourth-order valence-electron chi connectivity index (χ4n) is 3.03. The number of ether oxygens (including phenoxy) is 1. The Hall–Kier alpha value is -0.200. The number of piperidine rings is 1. The van der Waals surface area contributed by atoms with E-state index in [0.717, 1.165) is 13.0 Å². The molecule has 3 aliphatic rings. The molecule has 3 rings (SSSR count). The number of fused-ring (bicyclic) bond motifs is 1. The monoisotopic (exact) mass is 215 g/mol. The van der Waals surface area contributed by atoms with E-state index in [9.17, 15) is 15.3 Å². The maximum atomic E-state index is 9.83. The second-order valence-electron chi connectivity index (χ2n) is 4.83. The molecule has 0 aliphatic carbocycles. The Balaban J connectivity index is 1.81. The van der Waals surface area contributed by atoms with Crippen LogP contribution in [-0.4, -0.2) is 69.9 Å². The molecular formula is C10H17NO4. The van der Waals surface area contributed by atoms with Crippen molar-refractivity contribution < 1.29 is 20.1 Å². The molecule has 3 aliphatic heterocycles. The van der Waals surface area contributed by atoms with E-state index in [1.807, 2.05) is 4.90 Å². The SMILES string of the molecule is O[C@H]1[C@H]2[C@H](O)CCC(C3CO3)N2C[C@H]1O. The van der Waals surface area contributed by atoms with E-state index in [4.69, 9.17) is 4.74 Å². The van der Waals surface area contributed by atoms with E-state index in [1.165, 1.54) is 0 Å². The summed E-state index contributed by atoms with van der Waals surface area (Å²) in [5, 5.41) is 29.2. The standard InChI is InChI=1S/C10H17NO4/c12-6-2-1-5(8-4-15-8)11-3-7(13)10(14)9(6)11/h5-10,12-14H,1-4H2/t5?,6-,7-,8?,9-,10-/m1/s1. The van der Waals surface area contributed by atoms with E-state index >= 15 is 0 Å². The zero-order valence-corrected chi connectivity index (χ0v) is 8.49. The molecule has 3 fully saturated rings. The van der Waals surface area contributed by atoms with E-state index in [1.54, 1.807) is 0 Å². The lowest BCUT2D eigenvalue weighted by molar-refractivity contribution is -0.0492. The second-order valence-corrected chi connectivity index (χ2v) is 4.83. The summed E-state index contributed by atoms with van der Waals surface area (Å²) in [6, 6.07) is -0.0341. The average molecular weight is 215 g/mol. The van der Waals surface area contributed by atoms with Gasteiger partial charge in [0.25, 0.3) is 0 Å². The van der Waals surface area contributed by atoms with Crippen molar-refractivity contribution in [2.24, 2.45) is 0 Å². The number of hydrogen-bond donors (Lipinski definition) is 3. The fraction of sp³-hybridized carbons (Fsp3) is 1.00. The van der Waals surface area contributed by atoms with Crippen LogP contribution >= 0.6 is 0 Å². The minimum atomic E-state index is -0.818. The number of aliphatic hydroxyl groups excluding tert-OH is 3. The molecule has 0 radical (unpaired) electrons. The molecule has 0 aromatic heterocycles. The van der Waals surface area contributed by atoms with Crippen molar-refractivity contribution in [3.63, 3.8) is 0 Å². The van der Waals surface area contributed by atoms with Gasteiger partial charge in [0.1, 0.15) is 0 Å². The molecular weight excluding hydrogens is 198 g/mol. The summed E-state index contributed by atoms with van der Waals surface area (Å²) in [5.74, 6) is 0. The molecule has 3 heterocycles. The van der Waals surface area contributed by atoms with Crippen LogP contribution in [-0.2, 0) is 4.74 Å². The van der Waals surface area contributed by atoms with Crippen LogP contribution in [0.5, 0.6) is 0 Å². The number of rotatable bonds is 1. The first-order valence-electron chi connectivity index (χ1n) is 5.60. The molecule has 0 aromatic rings. The fourth-order valence-corrected chi connectivity index (χ4v) is 3.03. The molecule has 15 heavy (non-hydrogen) atoms. The first-order valence-corrected chi connectivity index (χ1v) is 5.60. The van der Waals surface area contributed by atoms with Crippen molar-refractivity contribution in [2.75, 3.05) is 13.2 Å². The van der Waals surface area contributed by atoms with Crippen LogP contribution in [0.15, 0.2) is 0 Å². The lowest BCUT2D eigenvalue weighted by atomic mass is 9.91. The topological polar surface area (TPSA) is 76.5 Å². The Bertz CT molecular complexity index is 258. The van der Waals surface area contributed by atoms with Gasteiger partial charge in [0, 0.05) is 12.6 Å². The molecule has 0 aromatic carbocycles. The third-order valence-electron chi connectivity index (χ3n) is 3.89. The summed E-state index contributed by atoms with van der Waals surface area (Å²) in [6.45, 7) is 1.23. The normalized spacial score (nSPS) is 55.4. The Labute approximate surface area is 88.3 Å². The predicted molar refractivity (Wildman–Crippen MR) is 51.3 cm³/mol. The van der Waals surface area contributed by atoms with Crippen LogP contribution in [0.2, 0.25) is 0 Å². The van der Waals surface area contributed by atoms with E-state index in [0.29, 0.717) is 13.0 Å². The Morgan fingerprint density at radius 2 is 1.80 bits per heavy atom. The molecule has 86 valence electrons. The first-order chi connectivity index (χ1) is 7.18. The van der Waals surface area contributed by atoms with Crippen LogP contribution in [0.25, 0.3) is 0 Å². The molecule has 2 unspecified atom stereocenters. The van der Waals surface area contributed by atoms with Gasteiger partial charge in [-0.15, -0.1) is 0 Å². The quantitative estimate of drug-likeness (QED) is 0.455. The Morgan fingerprint density at radius 1 is 1.07 bits per heavy atom. The molecule has 0 bridgehead atoms. The summed E-state index contributed by atoms with van der Waals surface area (Å²) >= 11 is 0. The lowest BCUT2D eigenvalue weighted by Crippen LogP contribution is -2.55. The summed E-state index contributed by atoms with van der Waals surface area (Å²) in [7, 11) is 0. The number of aliphatic hydroxyl groups is 3. The van der Waals surface area contributed by atoms with Gasteiger partial charge in [-0.25, -0.2) is 0 Å². The van der Waals surface area contributed by atoms with Crippen molar-refractivity contribution in [1.82, 2.24) is 4.90 Å². The molecule has 0 spiro atoms. The molecule has 6 atom stereocenters. The van der Waals surface area contributed by atoms with Gasteiger partial charge >= 0.3 is 0 Å². The van der Waals surface area contributed by atoms with Gasteiger partial charge in [0.05, 0.1) is 37.1 Å². The maximum absolute atomic E-state index is 9.83. The minimum Gasteiger partial charge on any atom is -0.391 e. The van der Waals surface area contributed by atoms with E-state index in [-0.39, 0.29) is 18.2 Å². The van der Waals surface area contributed by atoms with Crippen molar-refractivity contribution in [1.29, 1.82) is 0 Å². The molecule has 3 saturated heterocycles. The number of nitrogens with zero attached hydrogens (tertiary/aromatic N) is 1. The lowest BCUT2D eigenvalue weighted by Gasteiger charge is -2.40. The van der Waals surface area contributed by atoms with Gasteiger partial charge in [-0.3, -0.25) is 4.90 Å². The molecule has 0 saturated carbocycles. The smallest absolute Gasteiger partial charge is 0.0991 e. The van der Waals surface area contributed by atoms with Crippen molar-refractivity contribution in [3.05, 3.63) is 0 Å². The highest BCUT2D eigenvalue weighted by Crippen LogP contribution is 2.36. The Morgan fingerprint density at radius 3 is 2.47 bits per heavy atom. The summed E-state index contributed by atoms with van der Waals surface area (Å²) < 4.78 is 5.28. The molecule has 3 N–H and O–H groups in total. The first kappa shape index (κ1) is 9.99. The largest absolute Gasteiger partial charge is 0.391 e. The van der Waals surface area contributed by atoms with Crippen LogP contribution in [0.4, 0.5) is 0 Å². The van der Waals surface area contributed by atoms with Crippen LogP contribution < -0.4 is 0 Å². The highest BCUT2D eigenvalue weighted by Gasteiger charge is 2.52.